The Hall–Kier alpha value is -1.38. The molecule has 0 heterocycles. The second-order valence-electron chi connectivity index (χ2n) is 4.64. The van der Waals surface area contributed by atoms with Crippen LogP contribution in [0.25, 0.3) is 0 Å². The van der Waals surface area contributed by atoms with Crippen LogP contribution in [0, 0.1) is 13.7 Å². The predicted octanol–water partition coefficient (Wildman–Crippen LogP) is 3.01. The van der Waals surface area contributed by atoms with Gasteiger partial charge >= 0.3 is 5.97 Å². The number of non-ortho nitro benzene ring substituents is 1. The highest BCUT2D eigenvalue weighted by atomic mass is 127. The molecule has 7 heteroatoms. The molecule has 0 atom stereocenters. The van der Waals surface area contributed by atoms with Crippen molar-refractivity contribution in [2.24, 2.45) is 0 Å². The smallest absolute Gasteiger partial charge is 0.329 e. The molecule has 0 bridgehead atoms. The lowest BCUT2D eigenvalue weighted by atomic mass is 9.97. The molecule has 0 saturated heterocycles. The van der Waals surface area contributed by atoms with Crippen LogP contribution in [0.1, 0.15) is 25.7 Å². The van der Waals surface area contributed by atoms with Crippen LogP contribution in [0.3, 0.4) is 0 Å². The first-order chi connectivity index (χ1) is 8.94. The number of anilines is 1. The molecule has 1 aromatic rings. The Bertz CT molecular complexity index is 526. The highest BCUT2D eigenvalue weighted by Gasteiger charge is 2.41. The van der Waals surface area contributed by atoms with Crippen LogP contribution in [0.4, 0.5) is 11.4 Å². The molecule has 19 heavy (non-hydrogen) atoms. The van der Waals surface area contributed by atoms with E-state index in [9.17, 15) is 20.0 Å². The first-order valence-electron chi connectivity index (χ1n) is 5.90. The topological polar surface area (TPSA) is 92.5 Å². The van der Waals surface area contributed by atoms with Gasteiger partial charge in [0, 0.05) is 21.4 Å². The summed E-state index contributed by atoms with van der Waals surface area (Å²) in [5, 5.41) is 23.1. The number of nitrogens with one attached hydrogen (secondary N) is 1. The Morgan fingerprint density at radius 2 is 2.05 bits per heavy atom. The van der Waals surface area contributed by atoms with Crippen molar-refractivity contribution in [1.82, 2.24) is 0 Å². The summed E-state index contributed by atoms with van der Waals surface area (Å²) in [5.41, 5.74) is -0.294. The maximum absolute atomic E-state index is 11.4. The fourth-order valence-corrected chi connectivity index (χ4v) is 2.98. The van der Waals surface area contributed by atoms with Crippen molar-refractivity contribution in [3.05, 3.63) is 31.9 Å². The van der Waals surface area contributed by atoms with E-state index in [1.807, 2.05) is 22.6 Å². The number of aliphatic carboxylic acids is 1. The van der Waals surface area contributed by atoms with Gasteiger partial charge in [0.25, 0.3) is 5.69 Å². The van der Waals surface area contributed by atoms with E-state index >= 15 is 0 Å². The van der Waals surface area contributed by atoms with Crippen LogP contribution in [0.15, 0.2) is 18.2 Å². The van der Waals surface area contributed by atoms with Crippen molar-refractivity contribution in [3.8, 4) is 0 Å². The highest BCUT2D eigenvalue weighted by molar-refractivity contribution is 14.1. The van der Waals surface area contributed by atoms with Gasteiger partial charge in [-0.2, -0.15) is 0 Å². The van der Waals surface area contributed by atoms with Crippen LogP contribution < -0.4 is 5.32 Å². The summed E-state index contributed by atoms with van der Waals surface area (Å²) in [4.78, 5) is 21.6. The zero-order valence-electron chi connectivity index (χ0n) is 10.1. The highest BCUT2D eigenvalue weighted by Crippen LogP contribution is 2.35. The number of nitro groups is 1. The molecule has 2 N–H and O–H groups in total. The summed E-state index contributed by atoms with van der Waals surface area (Å²) >= 11 is 1.98. The summed E-state index contributed by atoms with van der Waals surface area (Å²) in [6.07, 6.45) is 2.91. The Morgan fingerprint density at radius 1 is 1.42 bits per heavy atom. The zero-order chi connectivity index (χ0) is 14.0. The Balaban J connectivity index is 2.28. The van der Waals surface area contributed by atoms with E-state index in [1.54, 1.807) is 6.07 Å². The lowest BCUT2D eigenvalue weighted by Crippen LogP contribution is -2.43. The van der Waals surface area contributed by atoms with Gasteiger partial charge in [0.2, 0.25) is 0 Å². The van der Waals surface area contributed by atoms with Gasteiger partial charge in [-0.3, -0.25) is 10.1 Å². The van der Waals surface area contributed by atoms with Gasteiger partial charge in [0.1, 0.15) is 5.54 Å². The molecular weight excluding hydrogens is 363 g/mol. The summed E-state index contributed by atoms with van der Waals surface area (Å²) in [6.45, 7) is 0. The predicted molar refractivity (Wildman–Crippen MR) is 78.3 cm³/mol. The number of halogens is 1. The molecule has 0 amide bonds. The normalized spacial score (nSPS) is 17.1. The number of nitro benzene ring substituents is 1. The van der Waals surface area contributed by atoms with Crippen LogP contribution >= 0.6 is 22.6 Å². The number of hydrogen-bond donors (Lipinski definition) is 2. The fourth-order valence-electron chi connectivity index (χ4n) is 2.35. The third-order valence-electron chi connectivity index (χ3n) is 3.40. The second-order valence-corrected chi connectivity index (χ2v) is 5.80. The molecule has 0 aromatic heterocycles. The molecule has 1 aliphatic rings. The van der Waals surface area contributed by atoms with Crippen LogP contribution in [0.5, 0.6) is 0 Å². The number of benzene rings is 1. The Labute approximate surface area is 123 Å². The minimum atomic E-state index is -0.934. The number of carboxylic acid groups (broad SMARTS) is 1. The van der Waals surface area contributed by atoms with Crippen LogP contribution in [-0.4, -0.2) is 21.5 Å². The van der Waals surface area contributed by atoms with E-state index in [0.29, 0.717) is 22.1 Å². The first-order valence-corrected chi connectivity index (χ1v) is 6.98. The SMILES string of the molecule is O=C(O)C1(Nc2ccc([N+](=O)[O-])cc2I)CCCC1. The van der Waals surface area contributed by atoms with Crippen LogP contribution in [-0.2, 0) is 4.79 Å². The molecule has 0 aliphatic heterocycles. The van der Waals surface area contributed by atoms with E-state index < -0.39 is 16.4 Å². The van der Waals surface area contributed by atoms with Crippen molar-refractivity contribution < 1.29 is 14.8 Å². The number of hydrogen-bond acceptors (Lipinski definition) is 4. The summed E-state index contributed by atoms with van der Waals surface area (Å²) in [7, 11) is 0. The average Bonchev–Trinajstić information content (AvgIpc) is 2.81. The van der Waals surface area contributed by atoms with E-state index in [4.69, 9.17) is 0 Å². The Kier molecular flexibility index (Phi) is 3.93. The first kappa shape index (κ1) is 14.0. The average molecular weight is 376 g/mol. The number of nitrogens with zero attached hydrogens (tertiary/aromatic N) is 1. The molecule has 1 fully saturated rings. The van der Waals surface area contributed by atoms with E-state index in [1.165, 1.54) is 12.1 Å². The minimum absolute atomic E-state index is 0.00532. The van der Waals surface area contributed by atoms with Crippen molar-refractivity contribution in [3.63, 3.8) is 0 Å². The van der Waals surface area contributed by atoms with Crippen LogP contribution in [0.2, 0.25) is 0 Å². The van der Waals surface area contributed by atoms with Crippen molar-refractivity contribution in [2.75, 3.05) is 5.32 Å². The van der Waals surface area contributed by atoms with Crippen molar-refractivity contribution in [1.29, 1.82) is 0 Å². The van der Waals surface area contributed by atoms with Gasteiger partial charge < -0.3 is 10.4 Å². The monoisotopic (exact) mass is 376 g/mol. The molecule has 1 aromatic carbocycles. The minimum Gasteiger partial charge on any atom is -0.480 e. The number of carbonyl (C=O) groups is 1. The maximum Gasteiger partial charge on any atom is 0.329 e. The van der Waals surface area contributed by atoms with E-state index in [0.717, 1.165) is 12.8 Å². The zero-order valence-corrected chi connectivity index (χ0v) is 12.2. The molecule has 6 nitrogen and oxygen atoms in total. The quantitative estimate of drug-likeness (QED) is 0.479. The Morgan fingerprint density at radius 3 is 2.53 bits per heavy atom. The lowest BCUT2D eigenvalue weighted by Gasteiger charge is -2.27. The standard InChI is InChI=1S/C12H13IN2O4/c13-9-7-8(15(18)19)3-4-10(9)14-12(11(16)17)5-1-2-6-12/h3-4,7,14H,1-2,5-6H2,(H,16,17). The summed E-state index contributed by atoms with van der Waals surface area (Å²) in [6, 6.07) is 4.39. The summed E-state index contributed by atoms with van der Waals surface area (Å²) in [5.74, 6) is -0.862. The number of carboxylic acids is 1. The third kappa shape index (κ3) is 2.80. The molecule has 2 rings (SSSR count). The largest absolute Gasteiger partial charge is 0.480 e. The van der Waals surface area contributed by atoms with E-state index in [-0.39, 0.29) is 5.69 Å². The van der Waals surface area contributed by atoms with Crippen molar-refractivity contribution >= 4 is 39.9 Å². The van der Waals surface area contributed by atoms with Gasteiger partial charge in [-0.1, -0.05) is 12.8 Å². The molecule has 1 saturated carbocycles. The number of rotatable bonds is 4. The van der Waals surface area contributed by atoms with E-state index in [2.05, 4.69) is 5.32 Å². The molecule has 102 valence electrons. The lowest BCUT2D eigenvalue weighted by molar-refractivity contribution is -0.384. The summed E-state index contributed by atoms with van der Waals surface area (Å²) < 4.78 is 0.652. The second kappa shape index (κ2) is 5.32. The molecular formula is C12H13IN2O4. The van der Waals surface area contributed by atoms with Gasteiger partial charge in [0.05, 0.1) is 4.92 Å². The van der Waals surface area contributed by atoms with Gasteiger partial charge in [-0.25, -0.2) is 4.79 Å². The maximum atomic E-state index is 11.4. The molecule has 0 unspecified atom stereocenters. The van der Waals surface area contributed by atoms with Gasteiger partial charge in [-0.05, 0) is 41.5 Å². The fraction of sp³-hybridized carbons (Fsp3) is 0.417. The van der Waals surface area contributed by atoms with Gasteiger partial charge in [0.15, 0.2) is 0 Å². The molecule has 0 radical (unpaired) electrons. The van der Waals surface area contributed by atoms with Gasteiger partial charge in [-0.15, -0.1) is 0 Å². The molecule has 0 spiro atoms. The third-order valence-corrected chi connectivity index (χ3v) is 4.30. The van der Waals surface area contributed by atoms with Crippen molar-refractivity contribution in [2.45, 2.75) is 31.2 Å². The molecule has 1 aliphatic carbocycles.